The molecule has 0 radical (unpaired) electrons. The molecule has 1 heterocycles. The molecule has 0 bridgehead atoms. The molecule has 0 saturated carbocycles. The number of hydrogen-bond donors (Lipinski definition) is 1. The highest BCUT2D eigenvalue weighted by molar-refractivity contribution is 6.01. The van der Waals surface area contributed by atoms with Gasteiger partial charge in [0.05, 0.1) is 12.1 Å². The summed E-state index contributed by atoms with van der Waals surface area (Å²) >= 11 is 0. The van der Waals surface area contributed by atoms with Crippen molar-refractivity contribution in [1.29, 1.82) is 0 Å². The average Bonchev–Trinajstić information content (AvgIpc) is 2.41. The molecule has 0 fully saturated rings. The molecule has 1 aromatic carbocycles. The third kappa shape index (κ3) is 2.48. The number of nitrogens with zero attached hydrogens (tertiary/aromatic N) is 2. The zero-order valence-corrected chi connectivity index (χ0v) is 10.1. The molecule has 0 atom stereocenters. The lowest BCUT2D eigenvalue weighted by Crippen LogP contribution is -2.36. The maximum absolute atomic E-state index is 11.8. The van der Waals surface area contributed by atoms with Gasteiger partial charge in [-0.1, -0.05) is 35.5 Å². The molecule has 0 unspecified atom stereocenters. The van der Waals surface area contributed by atoms with Crippen LogP contribution in [-0.4, -0.2) is 10.9 Å². The standard InChI is InChI=1S/C14H14N2O2/c1-11-6-5-9-13(16(11)18)10-14(15-17)12-7-3-2-4-8-12/h2-9,17H,10H2,1H3. The third-order valence-corrected chi connectivity index (χ3v) is 2.78. The van der Waals surface area contributed by atoms with E-state index >= 15 is 0 Å². The fraction of sp³-hybridized carbons (Fsp3) is 0.143. The van der Waals surface area contributed by atoms with Gasteiger partial charge in [-0.2, -0.15) is 4.73 Å². The van der Waals surface area contributed by atoms with Crippen LogP contribution in [0.4, 0.5) is 0 Å². The zero-order valence-electron chi connectivity index (χ0n) is 10.1. The number of aromatic nitrogens is 1. The molecular formula is C14H14N2O2. The van der Waals surface area contributed by atoms with Crippen LogP contribution in [0.2, 0.25) is 0 Å². The van der Waals surface area contributed by atoms with E-state index in [1.165, 1.54) is 0 Å². The average molecular weight is 242 g/mol. The summed E-state index contributed by atoms with van der Waals surface area (Å²) in [4.78, 5) is 0. The topological polar surface area (TPSA) is 59.5 Å². The highest BCUT2D eigenvalue weighted by Crippen LogP contribution is 2.06. The Morgan fingerprint density at radius 1 is 1.17 bits per heavy atom. The van der Waals surface area contributed by atoms with E-state index in [1.54, 1.807) is 19.1 Å². The molecule has 0 aliphatic carbocycles. The van der Waals surface area contributed by atoms with Crippen LogP contribution in [0.3, 0.4) is 0 Å². The van der Waals surface area contributed by atoms with Crippen molar-refractivity contribution in [2.75, 3.05) is 0 Å². The Labute approximate surface area is 105 Å². The van der Waals surface area contributed by atoms with Crippen molar-refractivity contribution in [2.45, 2.75) is 13.3 Å². The number of benzene rings is 1. The lowest BCUT2D eigenvalue weighted by molar-refractivity contribution is -0.619. The van der Waals surface area contributed by atoms with Crippen molar-refractivity contribution in [1.82, 2.24) is 0 Å². The van der Waals surface area contributed by atoms with Gasteiger partial charge < -0.3 is 10.4 Å². The van der Waals surface area contributed by atoms with Gasteiger partial charge in [0, 0.05) is 19.1 Å². The van der Waals surface area contributed by atoms with Crippen LogP contribution in [0.25, 0.3) is 0 Å². The van der Waals surface area contributed by atoms with Crippen molar-refractivity contribution < 1.29 is 9.94 Å². The van der Waals surface area contributed by atoms with Crippen molar-refractivity contribution >= 4 is 5.71 Å². The second-order valence-corrected chi connectivity index (χ2v) is 4.04. The summed E-state index contributed by atoms with van der Waals surface area (Å²) in [6.45, 7) is 1.74. The van der Waals surface area contributed by atoms with Gasteiger partial charge in [0.2, 0.25) is 0 Å². The molecule has 2 rings (SSSR count). The second-order valence-electron chi connectivity index (χ2n) is 4.04. The Morgan fingerprint density at radius 3 is 2.56 bits per heavy atom. The molecule has 0 aliphatic heterocycles. The molecule has 0 amide bonds. The lowest BCUT2D eigenvalue weighted by Gasteiger charge is -2.08. The fourth-order valence-corrected chi connectivity index (χ4v) is 1.79. The number of aryl methyl sites for hydroxylation is 1. The van der Waals surface area contributed by atoms with Gasteiger partial charge in [-0.3, -0.25) is 0 Å². The summed E-state index contributed by atoms with van der Waals surface area (Å²) in [5.41, 5.74) is 2.47. The number of pyridine rings is 1. The summed E-state index contributed by atoms with van der Waals surface area (Å²) in [7, 11) is 0. The predicted molar refractivity (Wildman–Crippen MR) is 68.6 cm³/mol. The zero-order chi connectivity index (χ0) is 13.0. The predicted octanol–water partition coefficient (Wildman–Crippen LogP) is 2.05. The Bertz CT molecular complexity index is 565. The Balaban J connectivity index is 2.30. The largest absolute Gasteiger partial charge is 0.618 e. The summed E-state index contributed by atoms with van der Waals surface area (Å²) in [6, 6.07) is 14.6. The van der Waals surface area contributed by atoms with Crippen LogP contribution in [0.5, 0.6) is 0 Å². The van der Waals surface area contributed by atoms with E-state index in [1.807, 2.05) is 36.4 Å². The molecule has 2 aromatic rings. The van der Waals surface area contributed by atoms with Crippen molar-refractivity contribution in [3.05, 3.63) is 70.7 Å². The van der Waals surface area contributed by atoms with Crippen molar-refractivity contribution in [3.63, 3.8) is 0 Å². The van der Waals surface area contributed by atoms with Gasteiger partial charge in [-0.15, -0.1) is 0 Å². The number of oxime groups is 1. The Morgan fingerprint density at radius 2 is 1.89 bits per heavy atom. The van der Waals surface area contributed by atoms with E-state index in [2.05, 4.69) is 5.16 Å². The van der Waals surface area contributed by atoms with Crippen LogP contribution >= 0.6 is 0 Å². The van der Waals surface area contributed by atoms with E-state index in [9.17, 15) is 5.21 Å². The first-order valence-electron chi connectivity index (χ1n) is 5.67. The number of rotatable bonds is 3. The quantitative estimate of drug-likeness (QED) is 0.294. The molecule has 18 heavy (non-hydrogen) atoms. The summed E-state index contributed by atoms with van der Waals surface area (Å²) in [6.07, 6.45) is 0.297. The van der Waals surface area contributed by atoms with Gasteiger partial charge in [-0.25, -0.2) is 0 Å². The molecular weight excluding hydrogens is 228 g/mol. The van der Waals surface area contributed by atoms with Crippen molar-refractivity contribution in [2.24, 2.45) is 5.16 Å². The minimum Gasteiger partial charge on any atom is -0.618 e. The van der Waals surface area contributed by atoms with Gasteiger partial charge in [0.25, 0.3) is 0 Å². The molecule has 92 valence electrons. The minimum atomic E-state index is 0.297. The maximum atomic E-state index is 11.8. The highest BCUT2D eigenvalue weighted by atomic mass is 16.5. The molecule has 1 N–H and O–H groups in total. The van der Waals surface area contributed by atoms with E-state index in [0.717, 1.165) is 10.3 Å². The lowest BCUT2D eigenvalue weighted by atomic mass is 10.1. The summed E-state index contributed by atoms with van der Waals surface area (Å²) in [5, 5.41) is 24.2. The van der Waals surface area contributed by atoms with Crippen LogP contribution in [0, 0.1) is 12.1 Å². The van der Waals surface area contributed by atoms with Crippen LogP contribution < -0.4 is 4.73 Å². The van der Waals surface area contributed by atoms with Crippen molar-refractivity contribution in [3.8, 4) is 0 Å². The highest BCUT2D eigenvalue weighted by Gasteiger charge is 2.13. The van der Waals surface area contributed by atoms with E-state index < -0.39 is 0 Å². The van der Waals surface area contributed by atoms with Crippen LogP contribution in [-0.2, 0) is 6.42 Å². The van der Waals surface area contributed by atoms with Gasteiger partial charge in [0.1, 0.15) is 0 Å². The second kappa shape index (κ2) is 5.31. The number of hydrogen-bond acceptors (Lipinski definition) is 3. The summed E-state index contributed by atoms with van der Waals surface area (Å²) < 4.78 is 0.855. The molecule has 4 heteroatoms. The molecule has 4 nitrogen and oxygen atoms in total. The first-order chi connectivity index (χ1) is 8.72. The van der Waals surface area contributed by atoms with E-state index in [4.69, 9.17) is 5.21 Å². The first kappa shape index (κ1) is 12.1. The fourth-order valence-electron chi connectivity index (χ4n) is 1.79. The SMILES string of the molecule is Cc1cccc(CC(=NO)c2ccccc2)[n+]1[O-]. The van der Waals surface area contributed by atoms with Gasteiger partial charge in [-0.05, 0) is 11.6 Å². The Hall–Kier alpha value is -2.36. The molecule has 1 aromatic heterocycles. The maximum Gasteiger partial charge on any atom is 0.199 e. The molecule has 0 spiro atoms. The summed E-state index contributed by atoms with van der Waals surface area (Å²) in [5.74, 6) is 0. The smallest absolute Gasteiger partial charge is 0.199 e. The normalized spacial score (nSPS) is 11.5. The molecule has 0 aliphatic rings. The van der Waals surface area contributed by atoms with Crippen LogP contribution in [0.15, 0.2) is 53.7 Å². The van der Waals surface area contributed by atoms with E-state index in [0.29, 0.717) is 23.5 Å². The first-order valence-corrected chi connectivity index (χ1v) is 5.67. The monoisotopic (exact) mass is 242 g/mol. The minimum absolute atomic E-state index is 0.297. The van der Waals surface area contributed by atoms with Gasteiger partial charge >= 0.3 is 0 Å². The Kier molecular flexibility index (Phi) is 3.57. The van der Waals surface area contributed by atoms with Crippen LogP contribution in [0.1, 0.15) is 17.0 Å². The van der Waals surface area contributed by atoms with E-state index in [-0.39, 0.29) is 0 Å². The third-order valence-electron chi connectivity index (χ3n) is 2.78. The molecule has 0 saturated heterocycles. The van der Waals surface area contributed by atoms with Gasteiger partial charge in [0.15, 0.2) is 11.4 Å².